The molecule has 86 valence electrons. The molecule has 0 radical (unpaired) electrons. The third-order valence-corrected chi connectivity index (χ3v) is 3.30. The maximum Gasteiger partial charge on any atom is 0.229 e. The lowest BCUT2D eigenvalue weighted by Crippen LogP contribution is -2.22. The number of alkyl halides is 1. The van der Waals surface area contributed by atoms with Crippen molar-refractivity contribution >= 4 is 27.5 Å². The molecule has 1 amide bonds. The van der Waals surface area contributed by atoms with Gasteiger partial charge in [-0.05, 0) is 24.1 Å². The largest absolute Gasteiger partial charge is 0.381 e. The van der Waals surface area contributed by atoms with E-state index < -0.39 is 0 Å². The van der Waals surface area contributed by atoms with Crippen molar-refractivity contribution < 1.29 is 9.53 Å². The second kappa shape index (κ2) is 5.46. The topological polar surface area (TPSA) is 38.3 Å². The molecule has 0 bridgehead atoms. The Bertz CT molecular complexity index is 375. The van der Waals surface area contributed by atoms with Gasteiger partial charge < -0.3 is 10.1 Å². The zero-order valence-electron chi connectivity index (χ0n) is 8.91. The lowest BCUT2D eigenvalue weighted by atomic mass is 10.1. The standard InChI is InChI=1S/C12H14BrNO2/c13-7-9-2-1-3-11(6-9)14-12(15)10-4-5-16-8-10/h1-3,6,10H,4-5,7-8H2,(H,14,15). The molecule has 1 fully saturated rings. The highest BCUT2D eigenvalue weighted by Gasteiger charge is 2.23. The Balaban J connectivity index is 1.99. The number of carbonyl (C=O) groups is 1. The molecule has 16 heavy (non-hydrogen) atoms. The van der Waals surface area contributed by atoms with E-state index in [1.165, 1.54) is 0 Å². The number of nitrogens with one attached hydrogen (secondary N) is 1. The maximum absolute atomic E-state index is 11.8. The molecule has 1 aromatic rings. The summed E-state index contributed by atoms with van der Waals surface area (Å²) in [5.74, 6) is 0.0665. The molecular weight excluding hydrogens is 270 g/mol. The predicted molar refractivity (Wildman–Crippen MR) is 66.6 cm³/mol. The van der Waals surface area contributed by atoms with E-state index in [-0.39, 0.29) is 11.8 Å². The molecule has 0 aromatic heterocycles. The Morgan fingerprint density at radius 1 is 1.56 bits per heavy atom. The first-order chi connectivity index (χ1) is 7.79. The highest BCUT2D eigenvalue weighted by atomic mass is 79.9. The number of ether oxygens (including phenoxy) is 1. The summed E-state index contributed by atoms with van der Waals surface area (Å²) in [5.41, 5.74) is 2.01. The van der Waals surface area contributed by atoms with Crippen molar-refractivity contribution in [2.75, 3.05) is 18.5 Å². The van der Waals surface area contributed by atoms with Gasteiger partial charge in [0.1, 0.15) is 0 Å². The van der Waals surface area contributed by atoms with Crippen LogP contribution in [-0.2, 0) is 14.9 Å². The first-order valence-electron chi connectivity index (χ1n) is 5.33. The number of carbonyl (C=O) groups excluding carboxylic acids is 1. The molecule has 2 rings (SSSR count). The summed E-state index contributed by atoms with van der Waals surface area (Å²) in [6.07, 6.45) is 0.823. The second-order valence-electron chi connectivity index (χ2n) is 3.88. The Hall–Kier alpha value is -0.870. The van der Waals surface area contributed by atoms with Crippen LogP contribution < -0.4 is 5.32 Å². The van der Waals surface area contributed by atoms with Gasteiger partial charge in [0.2, 0.25) is 5.91 Å². The van der Waals surface area contributed by atoms with Crippen molar-refractivity contribution in [1.82, 2.24) is 0 Å². The molecule has 1 atom stereocenters. The van der Waals surface area contributed by atoms with Gasteiger partial charge in [-0.1, -0.05) is 28.1 Å². The summed E-state index contributed by atoms with van der Waals surface area (Å²) in [6.45, 7) is 1.24. The highest BCUT2D eigenvalue weighted by molar-refractivity contribution is 9.08. The summed E-state index contributed by atoms with van der Waals surface area (Å²) in [7, 11) is 0. The molecule has 0 spiro atoms. The van der Waals surface area contributed by atoms with Crippen LogP contribution in [0.5, 0.6) is 0 Å². The minimum absolute atomic E-state index is 0.00706. The maximum atomic E-state index is 11.8. The monoisotopic (exact) mass is 283 g/mol. The van der Waals surface area contributed by atoms with Crippen LogP contribution in [0.15, 0.2) is 24.3 Å². The average molecular weight is 284 g/mol. The number of amides is 1. The Morgan fingerprint density at radius 2 is 2.44 bits per heavy atom. The Morgan fingerprint density at radius 3 is 3.12 bits per heavy atom. The lowest BCUT2D eigenvalue weighted by molar-refractivity contribution is -0.119. The molecule has 1 heterocycles. The number of benzene rings is 1. The summed E-state index contributed by atoms with van der Waals surface area (Å²) >= 11 is 3.39. The van der Waals surface area contributed by atoms with Gasteiger partial charge in [-0.25, -0.2) is 0 Å². The van der Waals surface area contributed by atoms with Crippen LogP contribution in [0.3, 0.4) is 0 Å². The fourth-order valence-corrected chi connectivity index (χ4v) is 2.07. The molecule has 1 saturated heterocycles. The van der Waals surface area contributed by atoms with E-state index in [0.29, 0.717) is 13.2 Å². The summed E-state index contributed by atoms with van der Waals surface area (Å²) in [4.78, 5) is 11.8. The van der Waals surface area contributed by atoms with Gasteiger partial charge in [-0.3, -0.25) is 4.79 Å². The van der Waals surface area contributed by atoms with Crippen LogP contribution in [0.1, 0.15) is 12.0 Å². The predicted octanol–water partition coefficient (Wildman–Crippen LogP) is 2.56. The molecule has 4 heteroatoms. The second-order valence-corrected chi connectivity index (χ2v) is 4.44. The van der Waals surface area contributed by atoms with Gasteiger partial charge in [0, 0.05) is 17.6 Å². The lowest BCUT2D eigenvalue weighted by Gasteiger charge is -2.09. The first-order valence-corrected chi connectivity index (χ1v) is 6.45. The van der Waals surface area contributed by atoms with E-state index in [9.17, 15) is 4.79 Å². The van der Waals surface area contributed by atoms with Crippen molar-refractivity contribution in [2.24, 2.45) is 5.92 Å². The van der Waals surface area contributed by atoms with E-state index in [1.807, 2.05) is 24.3 Å². The number of hydrogen-bond acceptors (Lipinski definition) is 2. The van der Waals surface area contributed by atoms with Crippen LogP contribution in [-0.4, -0.2) is 19.1 Å². The minimum Gasteiger partial charge on any atom is -0.381 e. The zero-order chi connectivity index (χ0) is 11.4. The molecule has 0 saturated carbocycles. The highest BCUT2D eigenvalue weighted by Crippen LogP contribution is 2.17. The SMILES string of the molecule is O=C(Nc1cccc(CBr)c1)C1CCOC1. The van der Waals surface area contributed by atoms with Gasteiger partial charge in [-0.2, -0.15) is 0 Å². The number of halogens is 1. The van der Waals surface area contributed by atoms with E-state index in [1.54, 1.807) is 0 Å². The molecule has 1 unspecified atom stereocenters. The van der Waals surface area contributed by atoms with Crippen molar-refractivity contribution in [3.63, 3.8) is 0 Å². The van der Waals surface area contributed by atoms with Crippen LogP contribution in [0.4, 0.5) is 5.69 Å². The normalized spacial score (nSPS) is 19.7. The molecule has 1 aromatic carbocycles. The molecule has 3 nitrogen and oxygen atoms in total. The molecule has 1 aliphatic heterocycles. The zero-order valence-corrected chi connectivity index (χ0v) is 10.5. The summed E-state index contributed by atoms with van der Waals surface area (Å²) in [6, 6.07) is 7.84. The van der Waals surface area contributed by atoms with E-state index >= 15 is 0 Å². The van der Waals surface area contributed by atoms with Gasteiger partial charge in [0.05, 0.1) is 12.5 Å². The third kappa shape index (κ3) is 2.83. The Kier molecular flexibility index (Phi) is 3.96. The van der Waals surface area contributed by atoms with Gasteiger partial charge in [0.25, 0.3) is 0 Å². The molecule has 1 N–H and O–H groups in total. The number of anilines is 1. The van der Waals surface area contributed by atoms with Crippen LogP contribution in [0.2, 0.25) is 0 Å². The van der Waals surface area contributed by atoms with Crippen LogP contribution in [0, 0.1) is 5.92 Å². The quantitative estimate of drug-likeness (QED) is 0.866. The van der Waals surface area contributed by atoms with Gasteiger partial charge in [0.15, 0.2) is 0 Å². The average Bonchev–Trinajstić information content (AvgIpc) is 2.83. The minimum atomic E-state index is 0.00706. The fourth-order valence-electron chi connectivity index (χ4n) is 1.72. The van der Waals surface area contributed by atoms with Gasteiger partial charge >= 0.3 is 0 Å². The fraction of sp³-hybridized carbons (Fsp3) is 0.417. The first kappa shape index (κ1) is 11.6. The van der Waals surface area contributed by atoms with E-state index in [2.05, 4.69) is 21.2 Å². The van der Waals surface area contributed by atoms with Crippen molar-refractivity contribution in [1.29, 1.82) is 0 Å². The van der Waals surface area contributed by atoms with Gasteiger partial charge in [-0.15, -0.1) is 0 Å². The molecular formula is C12H14BrNO2. The molecule has 0 aliphatic carbocycles. The van der Waals surface area contributed by atoms with E-state index in [4.69, 9.17) is 4.74 Å². The van der Waals surface area contributed by atoms with Crippen molar-refractivity contribution in [3.05, 3.63) is 29.8 Å². The third-order valence-electron chi connectivity index (χ3n) is 2.65. The van der Waals surface area contributed by atoms with Crippen molar-refractivity contribution in [3.8, 4) is 0 Å². The van der Waals surface area contributed by atoms with E-state index in [0.717, 1.165) is 23.0 Å². The van der Waals surface area contributed by atoms with Crippen LogP contribution >= 0.6 is 15.9 Å². The number of hydrogen-bond donors (Lipinski definition) is 1. The smallest absolute Gasteiger partial charge is 0.229 e. The summed E-state index contributed by atoms with van der Waals surface area (Å²) < 4.78 is 5.19. The Labute approximate surface area is 103 Å². The van der Waals surface area contributed by atoms with Crippen molar-refractivity contribution in [2.45, 2.75) is 11.8 Å². The number of rotatable bonds is 3. The van der Waals surface area contributed by atoms with Crippen LogP contribution in [0.25, 0.3) is 0 Å². The molecule has 1 aliphatic rings. The summed E-state index contributed by atoms with van der Waals surface area (Å²) in [5, 5.41) is 3.71.